The summed E-state index contributed by atoms with van der Waals surface area (Å²) in [4.78, 5) is 13.4. The molecule has 0 aromatic heterocycles. The van der Waals surface area contributed by atoms with Gasteiger partial charge in [-0.05, 0) is 48.9 Å². The molecule has 23 heavy (non-hydrogen) atoms. The van der Waals surface area contributed by atoms with Crippen molar-refractivity contribution in [3.05, 3.63) is 41.1 Å². The van der Waals surface area contributed by atoms with E-state index in [1.165, 1.54) is 0 Å². The fourth-order valence-electron chi connectivity index (χ4n) is 2.78. The van der Waals surface area contributed by atoms with Crippen molar-refractivity contribution in [1.82, 2.24) is 10.2 Å². The highest BCUT2D eigenvalue weighted by Crippen LogP contribution is 2.18. The molecule has 1 heterocycles. The third-order valence-corrected chi connectivity index (χ3v) is 4.15. The van der Waals surface area contributed by atoms with Gasteiger partial charge in [-0.2, -0.15) is 0 Å². The maximum absolute atomic E-state index is 13.7. The second kappa shape index (κ2) is 8.29. The molecule has 1 radical (unpaired) electrons. The highest BCUT2D eigenvalue weighted by Gasteiger charge is 2.23. The summed E-state index contributed by atoms with van der Waals surface area (Å²) in [7, 11) is 0. The number of nitrogens with zero attached hydrogens (tertiary/aromatic N) is 1. The number of carbonyl (C=O) groups excluding carboxylic acids is 1. The van der Waals surface area contributed by atoms with Gasteiger partial charge in [0.1, 0.15) is 5.82 Å². The lowest BCUT2D eigenvalue weighted by Crippen LogP contribution is -2.44. The fourth-order valence-corrected chi connectivity index (χ4v) is 2.78. The molecule has 0 spiro atoms. The molecule has 4 nitrogen and oxygen atoms in total. The van der Waals surface area contributed by atoms with Gasteiger partial charge in [-0.15, -0.1) is 0 Å². The van der Waals surface area contributed by atoms with E-state index in [0.717, 1.165) is 29.9 Å². The lowest BCUT2D eigenvalue weighted by molar-refractivity contribution is 0.0950. The molecule has 0 unspecified atom stereocenters. The van der Waals surface area contributed by atoms with Gasteiger partial charge < -0.3 is 15.0 Å². The highest BCUT2D eigenvalue weighted by atomic mass is 19.1. The number of likely N-dealkylation sites (tertiary alicyclic amines) is 1. The molecule has 1 aromatic carbocycles. The van der Waals surface area contributed by atoms with Gasteiger partial charge in [0.15, 0.2) is 0 Å². The van der Waals surface area contributed by atoms with Crippen molar-refractivity contribution in [2.75, 3.05) is 19.7 Å². The minimum atomic E-state index is -0.227. The van der Waals surface area contributed by atoms with Crippen LogP contribution in [-0.4, -0.2) is 36.7 Å². The van der Waals surface area contributed by atoms with Crippen molar-refractivity contribution in [3.63, 3.8) is 0 Å². The predicted molar refractivity (Wildman–Crippen MR) is 88.5 cm³/mol. The zero-order valence-corrected chi connectivity index (χ0v) is 14.2. The number of benzene rings is 1. The molecular formula is C18H26FN2O2. The predicted octanol–water partition coefficient (Wildman–Crippen LogP) is 3.50. The van der Waals surface area contributed by atoms with Gasteiger partial charge in [-0.1, -0.05) is 19.9 Å². The quantitative estimate of drug-likeness (QED) is 0.902. The Morgan fingerprint density at radius 2 is 2.00 bits per heavy atom. The van der Waals surface area contributed by atoms with Crippen molar-refractivity contribution < 1.29 is 13.9 Å². The molecule has 1 aliphatic heterocycles. The molecule has 1 aromatic rings. The number of amides is 1. The minimum Gasteiger partial charge on any atom is -0.450 e. The van der Waals surface area contributed by atoms with Gasteiger partial charge in [0, 0.05) is 25.7 Å². The lowest BCUT2D eigenvalue weighted by Gasteiger charge is -2.31. The molecule has 1 saturated heterocycles. The number of hydrogen-bond acceptors (Lipinski definition) is 3. The number of hydrogen-bond donors (Lipinski definition) is 1. The lowest BCUT2D eigenvalue weighted by atomic mass is 10.00. The van der Waals surface area contributed by atoms with Crippen LogP contribution in [0, 0.1) is 11.7 Å². The normalized spacial score (nSPS) is 16.0. The second-order valence-corrected chi connectivity index (χ2v) is 6.19. The number of halogens is 1. The van der Waals surface area contributed by atoms with Crippen molar-refractivity contribution in [2.45, 2.75) is 46.2 Å². The molecule has 1 aliphatic rings. The van der Waals surface area contributed by atoms with Gasteiger partial charge in [-0.3, -0.25) is 0 Å². The highest BCUT2D eigenvalue weighted by molar-refractivity contribution is 5.67. The summed E-state index contributed by atoms with van der Waals surface area (Å²) in [5.41, 5.74) is 1.90. The van der Waals surface area contributed by atoms with Gasteiger partial charge in [0.25, 0.3) is 0 Å². The van der Waals surface area contributed by atoms with E-state index in [9.17, 15) is 9.18 Å². The zero-order valence-electron chi connectivity index (χ0n) is 14.2. The number of piperidine rings is 1. The Morgan fingerprint density at radius 3 is 2.61 bits per heavy atom. The van der Waals surface area contributed by atoms with Crippen LogP contribution in [0.25, 0.3) is 0 Å². The number of rotatable bonds is 5. The summed E-state index contributed by atoms with van der Waals surface area (Å²) in [5, 5.41) is 3.47. The third kappa shape index (κ3) is 5.20. The first-order valence-corrected chi connectivity index (χ1v) is 8.24. The topological polar surface area (TPSA) is 41.6 Å². The fraction of sp³-hybridized carbons (Fsp3) is 0.556. The summed E-state index contributed by atoms with van der Waals surface area (Å²) >= 11 is 0. The van der Waals surface area contributed by atoms with Crippen molar-refractivity contribution in [2.24, 2.45) is 0 Å². The maximum Gasteiger partial charge on any atom is 0.409 e. The molecule has 5 heteroatoms. The molecule has 127 valence electrons. The van der Waals surface area contributed by atoms with E-state index in [1.807, 2.05) is 26.8 Å². The van der Waals surface area contributed by atoms with Crippen molar-refractivity contribution in [1.29, 1.82) is 0 Å². The number of nitrogens with one attached hydrogen (secondary N) is 1. The Kier molecular flexibility index (Phi) is 6.39. The van der Waals surface area contributed by atoms with E-state index in [4.69, 9.17) is 4.74 Å². The molecule has 1 N–H and O–H groups in total. The summed E-state index contributed by atoms with van der Waals surface area (Å²) in [6.45, 7) is 8.23. The summed E-state index contributed by atoms with van der Waals surface area (Å²) in [6.07, 6.45) is 1.55. The van der Waals surface area contributed by atoms with Gasteiger partial charge in [-0.25, -0.2) is 9.18 Å². The number of ether oxygens (including phenoxy) is 1. The number of carbonyl (C=O) groups is 1. The Morgan fingerprint density at radius 1 is 1.30 bits per heavy atom. The van der Waals surface area contributed by atoms with Crippen LogP contribution < -0.4 is 5.32 Å². The molecule has 0 saturated carbocycles. The van der Waals surface area contributed by atoms with Crippen LogP contribution in [0.5, 0.6) is 0 Å². The van der Waals surface area contributed by atoms with Crippen LogP contribution in [0.3, 0.4) is 0 Å². The van der Waals surface area contributed by atoms with Crippen LogP contribution in [0.15, 0.2) is 18.2 Å². The average molecular weight is 321 g/mol. The second-order valence-electron chi connectivity index (χ2n) is 6.19. The average Bonchev–Trinajstić information content (AvgIpc) is 2.53. The van der Waals surface area contributed by atoms with Gasteiger partial charge >= 0.3 is 6.09 Å². The van der Waals surface area contributed by atoms with Crippen molar-refractivity contribution >= 4 is 6.09 Å². The van der Waals surface area contributed by atoms with Crippen LogP contribution in [0.2, 0.25) is 0 Å². The minimum absolute atomic E-state index is 0.197. The Labute approximate surface area is 138 Å². The monoisotopic (exact) mass is 321 g/mol. The molecule has 1 fully saturated rings. The van der Waals surface area contributed by atoms with Gasteiger partial charge in [0.2, 0.25) is 0 Å². The molecular weight excluding hydrogens is 295 g/mol. The first-order valence-electron chi connectivity index (χ1n) is 8.24. The van der Waals surface area contributed by atoms with Crippen LogP contribution >= 0.6 is 0 Å². The molecule has 0 atom stereocenters. The van der Waals surface area contributed by atoms with E-state index in [-0.39, 0.29) is 11.9 Å². The first-order chi connectivity index (χ1) is 11.0. The maximum atomic E-state index is 13.7. The smallest absolute Gasteiger partial charge is 0.409 e. The van der Waals surface area contributed by atoms with Crippen LogP contribution in [0.4, 0.5) is 9.18 Å². The summed E-state index contributed by atoms with van der Waals surface area (Å²) in [5.74, 6) is 0.908. The summed E-state index contributed by atoms with van der Waals surface area (Å²) in [6, 6.07) is 5.52. The Balaban J connectivity index is 1.83. The first kappa shape index (κ1) is 17.7. The van der Waals surface area contributed by atoms with E-state index in [2.05, 4.69) is 5.32 Å². The van der Waals surface area contributed by atoms with E-state index in [0.29, 0.717) is 32.3 Å². The molecule has 0 bridgehead atoms. The SMILES string of the molecule is CCOC(=O)N1CCC(NCc2cc(F)cc([C](C)C)c2)CC1. The zero-order chi connectivity index (χ0) is 16.8. The van der Waals surface area contributed by atoms with E-state index >= 15 is 0 Å². The van der Waals surface area contributed by atoms with Crippen molar-refractivity contribution in [3.8, 4) is 0 Å². The van der Waals surface area contributed by atoms with Crippen LogP contribution in [-0.2, 0) is 11.3 Å². The van der Waals surface area contributed by atoms with Crippen LogP contribution in [0.1, 0.15) is 44.7 Å². The largest absolute Gasteiger partial charge is 0.450 e. The Hall–Kier alpha value is -1.62. The third-order valence-electron chi connectivity index (χ3n) is 4.15. The van der Waals surface area contributed by atoms with E-state index < -0.39 is 0 Å². The molecule has 1 amide bonds. The Bertz CT molecular complexity index is 526. The molecule has 2 rings (SSSR count). The van der Waals surface area contributed by atoms with Gasteiger partial charge in [0.05, 0.1) is 6.61 Å². The molecule has 0 aliphatic carbocycles. The van der Waals surface area contributed by atoms with E-state index in [1.54, 1.807) is 17.0 Å². The standard InChI is InChI=1S/C18H26FN2O2/c1-4-23-18(22)21-7-5-17(6-8-21)20-12-14-9-15(13(2)3)11-16(19)10-14/h9-11,17,20H,4-8,12H2,1-3H3. The summed E-state index contributed by atoms with van der Waals surface area (Å²) < 4.78 is 18.7.